The van der Waals surface area contributed by atoms with Crippen molar-refractivity contribution >= 4 is 47.5 Å². The van der Waals surface area contributed by atoms with E-state index in [9.17, 15) is 16.8 Å². The van der Waals surface area contributed by atoms with Crippen LogP contribution in [0.5, 0.6) is 5.75 Å². The molecule has 2 aromatic carbocycles. The van der Waals surface area contributed by atoms with Crippen LogP contribution in [0.4, 0.5) is 5.69 Å². The van der Waals surface area contributed by atoms with Crippen LogP contribution in [0, 0.1) is 6.92 Å². The van der Waals surface area contributed by atoms with Gasteiger partial charge < -0.3 is 10.1 Å². The Balaban J connectivity index is 1.80. The number of hydrogen-bond donors (Lipinski definition) is 3. The molecule has 3 aromatic rings. The van der Waals surface area contributed by atoms with Crippen LogP contribution >= 0.6 is 11.3 Å². The van der Waals surface area contributed by atoms with Crippen LogP contribution in [-0.4, -0.2) is 37.7 Å². The van der Waals surface area contributed by atoms with E-state index in [-0.39, 0.29) is 12.5 Å². The van der Waals surface area contributed by atoms with Crippen molar-refractivity contribution in [3.8, 4) is 5.75 Å². The second kappa shape index (κ2) is 7.05. The van der Waals surface area contributed by atoms with E-state index >= 15 is 0 Å². The van der Waals surface area contributed by atoms with Crippen molar-refractivity contribution < 1.29 is 30.7 Å². The Morgan fingerprint density at radius 2 is 1.67 bits per heavy atom. The van der Waals surface area contributed by atoms with E-state index in [1.54, 1.807) is 6.07 Å². The van der Waals surface area contributed by atoms with Crippen molar-refractivity contribution in [3.63, 3.8) is 0 Å². The van der Waals surface area contributed by atoms with E-state index in [2.05, 4.69) is 10.3 Å². The van der Waals surface area contributed by atoms with E-state index in [1.165, 1.54) is 11.3 Å². The molecule has 144 valence electrons. The first-order chi connectivity index (χ1) is 12.5. The van der Waals surface area contributed by atoms with Gasteiger partial charge in [0, 0.05) is 17.8 Å². The number of aryl methyl sites for hydroxylation is 1. The highest BCUT2D eigenvalue weighted by atomic mass is 32.2. The summed E-state index contributed by atoms with van der Waals surface area (Å²) in [6.07, 6.45) is 0. The van der Waals surface area contributed by atoms with E-state index in [0.29, 0.717) is 11.8 Å². The first-order valence-electron chi connectivity index (χ1n) is 7.36. The van der Waals surface area contributed by atoms with Crippen LogP contribution in [-0.2, 0) is 20.2 Å². The lowest BCUT2D eigenvalue weighted by atomic mass is 10.3. The third-order valence-corrected chi connectivity index (χ3v) is 6.06. The predicted molar refractivity (Wildman–Crippen MR) is 99.5 cm³/mol. The number of nitrogens with one attached hydrogen (secondary N) is 1. The molecule has 0 unspecified atom stereocenters. The number of fused-ring (bicyclic) bond motifs is 1. The topological polar surface area (TPSA) is 143 Å². The largest absolute Gasteiger partial charge is 0.473 e. The summed E-state index contributed by atoms with van der Waals surface area (Å²) in [6, 6.07) is 8.00. The first kappa shape index (κ1) is 19.5. The molecule has 1 heterocycles. The number of benzene rings is 2. The van der Waals surface area contributed by atoms with Gasteiger partial charge in [-0.05, 0) is 31.2 Å². The Kier molecular flexibility index (Phi) is 5.10. The highest BCUT2D eigenvalue weighted by Crippen LogP contribution is 2.26. The fourth-order valence-electron chi connectivity index (χ4n) is 2.28. The summed E-state index contributed by atoms with van der Waals surface area (Å²) >= 11 is 1.52. The quantitative estimate of drug-likeness (QED) is 0.397. The van der Waals surface area contributed by atoms with Crippen LogP contribution in [0.15, 0.2) is 46.2 Å². The number of hydrogen-bond acceptors (Lipinski definition) is 8. The molecule has 1 aromatic heterocycles. The lowest BCUT2D eigenvalue weighted by molar-refractivity contribution is 0.344. The summed E-state index contributed by atoms with van der Waals surface area (Å²) in [7, 11) is -9.38. The van der Waals surface area contributed by atoms with Crippen molar-refractivity contribution in [3.05, 3.63) is 41.4 Å². The maximum atomic E-state index is 11.3. The fraction of sp³-hybridized carbons (Fsp3) is 0.133. The molecule has 0 fully saturated rings. The van der Waals surface area contributed by atoms with Crippen molar-refractivity contribution in [1.82, 2.24) is 4.98 Å². The van der Waals surface area contributed by atoms with Gasteiger partial charge in [-0.3, -0.25) is 9.11 Å². The number of aromatic nitrogens is 1. The van der Waals surface area contributed by atoms with Gasteiger partial charge in [0.05, 0.1) is 25.0 Å². The molecule has 0 radical (unpaired) electrons. The van der Waals surface area contributed by atoms with Gasteiger partial charge >= 0.3 is 0 Å². The summed E-state index contributed by atoms with van der Waals surface area (Å²) < 4.78 is 69.7. The number of rotatable bonds is 6. The molecule has 3 N–H and O–H groups in total. The predicted octanol–water partition coefficient (Wildman–Crippen LogP) is 2.55. The van der Waals surface area contributed by atoms with Crippen LogP contribution < -0.4 is 10.1 Å². The van der Waals surface area contributed by atoms with Gasteiger partial charge in [-0.15, -0.1) is 11.3 Å². The average molecular weight is 430 g/mol. The van der Waals surface area contributed by atoms with Crippen LogP contribution in [0.3, 0.4) is 0 Å². The smallest absolute Gasteiger partial charge is 0.294 e. The van der Waals surface area contributed by atoms with Crippen LogP contribution in [0.25, 0.3) is 10.2 Å². The summed E-state index contributed by atoms with van der Waals surface area (Å²) in [4.78, 5) is 2.92. The Morgan fingerprint density at radius 1 is 1.04 bits per heavy atom. The second-order valence-corrected chi connectivity index (χ2v) is 9.55. The van der Waals surface area contributed by atoms with Gasteiger partial charge in [-0.1, -0.05) is 0 Å². The second-order valence-electron chi connectivity index (χ2n) is 5.47. The van der Waals surface area contributed by atoms with E-state index < -0.39 is 30.0 Å². The highest BCUT2D eigenvalue weighted by molar-refractivity contribution is 7.86. The van der Waals surface area contributed by atoms with Gasteiger partial charge in [0.25, 0.3) is 20.2 Å². The number of thiazole rings is 1. The zero-order chi connectivity index (χ0) is 19.8. The minimum absolute atomic E-state index is 0.122. The number of anilines is 1. The van der Waals surface area contributed by atoms with Crippen LogP contribution in [0.1, 0.15) is 5.01 Å². The van der Waals surface area contributed by atoms with E-state index in [1.807, 2.05) is 19.1 Å². The normalized spacial score (nSPS) is 12.3. The molecule has 9 nitrogen and oxygen atoms in total. The minimum atomic E-state index is -4.69. The minimum Gasteiger partial charge on any atom is -0.473 e. The molecule has 0 aliphatic heterocycles. The van der Waals surface area contributed by atoms with Gasteiger partial charge in [0.2, 0.25) is 0 Å². The Bertz CT molecular complexity index is 1170. The third-order valence-electron chi connectivity index (χ3n) is 3.46. The molecule has 27 heavy (non-hydrogen) atoms. The molecule has 0 aliphatic rings. The number of ether oxygens (including phenoxy) is 1. The third kappa shape index (κ3) is 4.73. The molecule has 3 rings (SSSR count). The molecule has 0 bridgehead atoms. The standard InChI is InChI=1S/C15H14N2O7S3/c1-9-17-14-3-2-10(4-15(14)25-9)16-8-24-11-5-12(26(18,19)20)7-13(6-11)27(21,22)23/h2-7,16H,8H2,1H3,(H,18,19,20)(H,21,22,23). The Labute approximate surface area is 159 Å². The molecular formula is C15H14N2O7S3. The number of nitrogens with zero attached hydrogens (tertiary/aromatic N) is 1. The summed E-state index contributed by atoms with van der Waals surface area (Å²) in [5, 5.41) is 3.87. The highest BCUT2D eigenvalue weighted by Gasteiger charge is 2.18. The summed E-state index contributed by atoms with van der Waals surface area (Å²) in [5.74, 6) is -0.167. The summed E-state index contributed by atoms with van der Waals surface area (Å²) in [5.41, 5.74) is 1.58. The zero-order valence-corrected chi connectivity index (χ0v) is 16.2. The van der Waals surface area contributed by atoms with Crippen molar-refractivity contribution in [2.45, 2.75) is 16.7 Å². The molecule has 0 spiro atoms. The SMILES string of the molecule is Cc1nc2ccc(NCOc3cc(S(=O)(=O)O)cc(S(=O)(=O)O)c3)cc2s1. The molecule has 0 atom stereocenters. The molecule has 0 aliphatic carbocycles. The zero-order valence-electron chi connectivity index (χ0n) is 13.8. The fourth-order valence-corrected chi connectivity index (χ4v) is 4.30. The Morgan fingerprint density at radius 3 is 2.26 bits per heavy atom. The lowest BCUT2D eigenvalue weighted by Gasteiger charge is -2.11. The van der Waals surface area contributed by atoms with Crippen molar-refractivity contribution in [2.24, 2.45) is 0 Å². The van der Waals surface area contributed by atoms with Gasteiger partial charge in [0.1, 0.15) is 5.75 Å². The molecule has 0 saturated carbocycles. The van der Waals surface area contributed by atoms with E-state index in [0.717, 1.165) is 27.4 Å². The van der Waals surface area contributed by atoms with Gasteiger partial charge in [-0.2, -0.15) is 16.8 Å². The summed E-state index contributed by atoms with van der Waals surface area (Å²) in [6.45, 7) is 1.78. The maximum absolute atomic E-state index is 11.3. The molecule has 0 amide bonds. The van der Waals surface area contributed by atoms with Gasteiger partial charge in [0.15, 0.2) is 6.73 Å². The monoisotopic (exact) mass is 430 g/mol. The lowest BCUT2D eigenvalue weighted by Crippen LogP contribution is -2.10. The average Bonchev–Trinajstić information content (AvgIpc) is 2.92. The molecular weight excluding hydrogens is 416 g/mol. The molecule has 12 heteroatoms. The first-order valence-corrected chi connectivity index (χ1v) is 11.1. The maximum Gasteiger partial charge on any atom is 0.294 e. The van der Waals surface area contributed by atoms with Crippen LogP contribution in [0.2, 0.25) is 0 Å². The molecule has 0 saturated heterocycles. The van der Waals surface area contributed by atoms with Crippen molar-refractivity contribution in [2.75, 3.05) is 12.0 Å². The Hall–Kier alpha value is -2.25. The van der Waals surface area contributed by atoms with Gasteiger partial charge in [-0.25, -0.2) is 4.98 Å². The van der Waals surface area contributed by atoms with Crippen molar-refractivity contribution in [1.29, 1.82) is 0 Å². The van der Waals surface area contributed by atoms with E-state index in [4.69, 9.17) is 13.8 Å².